The zero-order chi connectivity index (χ0) is 20.5. The number of hydrogen-bond acceptors (Lipinski definition) is 8. The number of carbonyl (C=O) groups is 3. The third-order valence-corrected chi connectivity index (χ3v) is 6.72. The van der Waals surface area contributed by atoms with Crippen LogP contribution in [0, 0.1) is 5.82 Å². The van der Waals surface area contributed by atoms with Gasteiger partial charge in [-0.25, -0.2) is 9.18 Å². The second kappa shape index (κ2) is 7.83. The van der Waals surface area contributed by atoms with Crippen LogP contribution in [0.4, 0.5) is 10.1 Å². The Morgan fingerprint density at radius 2 is 2.28 bits per heavy atom. The lowest BCUT2D eigenvalue weighted by Crippen LogP contribution is -2.70. The summed E-state index contributed by atoms with van der Waals surface area (Å²) < 4.78 is 14.1. The molecule has 4 rings (SSSR count). The Hall–Kier alpha value is -2.93. The molecule has 1 aromatic carbocycles. The fraction of sp³-hybridized carbons (Fsp3) is 0.250. The molecular formula is C16H13FN6O4S2. The van der Waals surface area contributed by atoms with Gasteiger partial charge in [0.25, 0.3) is 5.91 Å². The molecule has 1 unspecified atom stereocenters. The molecular weight excluding hydrogens is 423 g/mol. The quantitative estimate of drug-likeness (QED) is 0.366. The summed E-state index contributed by atoms with van der Waals surface area (Å²) in [6.45, 7) is 0. The molecule has 29 heavy (non-hydrogen) atoms. The van der Waals surface area contributed by atoms with Gasteiger partial charge in [-0.05, 0) is 22.9 Å². The first-order valence-electron chi connectivity index (χ1n) is 8.27. The fourth-order valence-corrected chi connectivity index (χ4v) is 5.47. The van der Waals surface area contributed by atoms with Crippen LogP contribution in [0.15, 0.2) is 40.7 Å². The fourth-order valence-electron chi connectivity index (χ4n) is 3.20. The summed E-state index contributed by atoms with van der Waals surface area (Å²) >= 11 is 2.51. The van der Waals surface area contributed by atoms with Crippen LogP contribution in [-0.4, -0.2) is 71.8 Å². The molecule has 13 heteroatoms. The van der Waals surface area contributed by atoms with Gasteiger partial charge < -0.3 is 5.11 Å². The average molecular weight is 436 g/mol. The third kappa shape index (κ3) is 3.35. The molecule has 10 nitrogen and oxygen atoms in total. The Kier molecular flexibility index (Phi) is 5.24. The van der Waals surface area contributed by atoms with Crippen LogP contribution in [0.5, 0.6) is 0 Å². The number of H-pyrrole nitrogens is 1. The molecule has 2 aliphatic rings. The number of halogens is 1. The van der Waals surface area contributed by atoms with Crippen molar-refractivity contribution in [3.8, 4) is 0 Å². The molecule has 1 fully saturated rings. The van der Waals surface area contributed by atoms with Crippen LogP contribution < -0.4 is 4.90 Å². The van der Waals surface area contributed by atoms with E-state index >= 15 is 0 Å². The van der Waals surface area contributed by atoms with Crippen molar-refractivity contribution in [2.24, 2.45) is 0 Å². The van der Waals surface area contributed by atoms with Gasteiger partial charge in [0.1, 0.15) is 22.9 Å². The number of aromatic amines is 1. The van der Waals surface area contributed by atoms with Crippen molar-refractivity contribution in [1.82, 2.24) is 25.5 Å². The summed E-state index contributed by atoms with van der Waals surface area (Å²) in [7, 11) is 0. The molecule has 1 aromatic heterocycles. The average Bonchev–Trinajstić information content (AvgIpc) is 3.23. The predicted octanol–water partition coefficient (Wildman–Crippen LogP) is 0.716. The first-order valence-corrected chi connectivity index (χ1v) is 10.3. The van der Waals surface area contributed by atoms with Gasteiger partial charge in [-0.15, -0.1) is 22.0 Å². The first kappa shape index (κ1) is 19.4. The van der Waals surface area contributed by atoms with E-state index in [1.165, 1.54) is 41.7 Å². The summed E-state index contributed by atoms with van der Waals surface area (Å²) in [4.78, 5) is 38.5. The van der Waals surface area contributed by atoms with E-state index < -0.39 is 29.1 Å². The van der Waals surface area contributed by atoms with E-state index in [2.05, 4.69) is 20.6 Å². The highest BCUT2D eigenvalue weighted by atomic mass is 32.2. The van der Waals surface area contributed by atoms with Gasteiger partial charge in [0.2, 0.25) is 11.6 Å². The number of carboxylic acid groups (broad SMARTS) is 1. The molecule has 2 N–H and O–H groups in total. The molecule has 2 amide bonds. The number of carbonyl (C=O) groups excluding carboxylic acids is 2. The number of benzene rings is 1. The Labute approximate surface area is 171 Å². The number of thioether (sulfide) groups is 2. The normalized spacial score (nSPS) is 20.9. The maximum absolute atomic E-state index is 14.1. The summed E-state index contributed by atoms with van der Waals surface area (Å²) in [5.74, 6) is -1.86. The van der Waals surface area contributed by atoms with E-state index in [0.29, 0.717) is 22.9 Å². The number of amides is 2. The van der Waals surface area contributed by atoms with Crippen molar-refractivity contribution >= 4 is 47.5 Å². The standard InChI is InChI=1S/C16H13FN6O4S2/c17-9-3-1-2-4-10(9)22(7-24)12-13(25)23-11(15(26)27)8(5-28-14(12)23)6-29-16-18-20-21-19-16/h1-4,7,12,14H,5-6H2,(H,26,27)(H,18,19,20,21)/t12?,14-/m1/s1. The Bertz CT molecular complexity index is 1000. The summed E-state index contributed by atoms with van der Waals surface area (Å²) in [5.41, 5.74) is 0.384. The van der Waals surface area contributed by atoms with Crippen molar-refractivity contribution in [3.63, 3.8) is 0 Å². The summed E-state index contributed by atoms with van der Waals surface area (Å²) in [6, 6.07) is 4.64. The zero-order valence-electron chi connectivity index (χ0n) is 14.6. The van der Waals surface area contributed by atoms with Gasteiger partial charge in [-0.3, -0.25) is 19.4 Å². The minimum absolute atomic E-state index is 0.0274. The van der Waals surface area contributed by atoms with E-state index in [4.69, 9.17) is 0 Å². The lowest BCUT2D eigenvalue weighted by Gasteiger charge is -2.52. The number of tetrazole rings is 1. The molecule has 0 spiro atoms. The third-order valence-electron chi connectivity index (χ3n) is 4.47. The van der Waals surface area contributed by atoms with Crippen LogP contribution in [0.1, 0.15) is 0 Å². The lowest BCUT2D eigenvalue weighted by molar-refractivity contribution is -0.148. The van der Waals surface area contributed by atoms with E-state index in [-0.39, 0.29) is 17.1 Å². The number of nitrogens with zero attached hydrogens (tertiary/aromatic N) is 5. The second-order valence-corrected chi connectivity index (χ2v) is 8.11. The van der Waals surface area contributed by atoms with Crippen LogP contribution in [0.3, 0.4) is 0 Å². The SMILES string of the molecule is O=CN(c1ccccc1F)C1C(=O)N2C(C(=O)O)=C(CSc3nn[nH]n3)CS[C@H]12. The van der Waals surface area contributed by atoms with Crippen molar-refractivity contribution in [3.05, 3.63) is 41.4 Å². The van der Waals surface area contributed by atoms with Crippen molar-refractivity contribution < 1.29 is 23.9 Å². The van der Waals surface area contributed by atoms with Crippen molar-refractivity contribution in [2.45, 2.75) is 16.6 Å². The molecule has 2 aromatic rings. The highest BCUT2D eigenvalue weighted by Gasteiger charge is 2.56. The summed E-state index contributed by atoms with van der Waals surface area (Å²) in [5, 5.41) is 22.8. The highest BCUT2D eigenvalue weighted by Crippen LogP contribution is 2.44. The largest absolute Gasteiger partial charge is 0.477 e. The van der Waals surface area contributed by atoms with Crippen LogP contribution in [0.2, 0.25) is 0 Å². The maximum Gasteiger partial charge on any atom is 0.352 e. The molecule has 0 radical (unpaired) electrons. The first-order chi connectivity index (χ1) is 14.0. The molecule has 150 valence electrons. The van der Waals surface area contributed by atoms with Gasteiger partial charge in [0.15, 0.2) is 0 Å². The van der Waals surface area contributed by atoms with Gasteiger partial charge in [0.05, 0.1) is 5.69 Å². The Morgan fingerprint density at radius 1 is 1.48 bits per heavy atom. The zero-order valence-corrected chi connectivity index (χ0v) is 16.2. The molecule has 0 bridgehead atoms. The van der Waals surface area contributed by atoms with Gasteiger partial charge in [0, 0.05) is 11.5 Å². The van der Waals surface area contributed by atoms with Crippen molar-refractivity contribution in [1.29, 1.82) is 0 Å². The van der Waals surface area contributed by atoms with Gasteiger partial charge in [-0.2, -0.15) is 5.21 Å². The predicted molar refractivity (Wildman–Crippen MR) is 101 cm³/mol. The van der Waals surface area contributed by atoms with E-state index in [1.807, 2.05) is 0 Å². The monoisotopic (exact) mass is 436 g/mol. The number of rotatable bonds is 7. The number of anilines is 1. The van der Waals surface area contributed by atoms with E-state index in [0.717, 1.165) is 9.80 Å². The molecule has 2 atom stereocenters. The highest BCUT2D eigenvalue weighted by molar-refractivity contribution is 8.01. The molecule has 0 aliphatic carbocycles. The Morgan fingerprint density at radius 3 is 2.93 bits per heavy atom. The maximum atomic E-state index is 14.1. The topological polar surface area (TPSA) is 132 Å². The second-order valence-electron chi connectivity index (χ2n) is 6.06. The molecule has 3 heterocycles. The number of aliphatic carboxylic acids is 1. The van der Waals surface area contributed by atoms with Crippen molar-refractivity contribution in [2.75, 3.05) is 16.4 Å². The summed E-state index contributed by atoms with van der Waals surface area (Å²) in [6.07, 6.45) is 0.393. The number of carboxylic acids is 1. The van der Waals surface area contributed by atoms with Crippen LogP contribution in [0.25, 0.3) is 0 Å². The van der Waals surface area contributed by atoms with Crippen LogP contribution in [-0.2, 0) is 14.4 Å². The van der Waals surface area contributed by atoms with Gasteiger partial charge >= 0.3 is 5.97 Å². The number of β-lactam (4-membered cyclic amide) rings is 1. The number of fused-ring (bicyclic) bond motifs is 1. The van der Waals surface area contributed by atoms with E-state index in [9.17, 15) is 23.9 Å². The molecule has 0 saturated carbocycles. The lowest BCUT2D eigenvalue weighted by atomic mass is 10.0. The molecule has 1 saturated heterocycles. The smallest absolute Gasteiger partial charge is 0.352 e. The van der Waals surface area contributed by atoms with E-state index in [1.54, 1.807) is 6.07 Å². The minimum atomic E-state index is -1.24. The number of hydrogen-bond donors (Lipinski definition) is 2. The minimum Gasteiger partial charge on any atom is -0.477 e. The Balaban J connectivity index is 1.60. The number of para-hydroxylation sites is 1. The van der Waals surface area contributed by atoms with Gasteiger partial charge in [-0.1, -0.05) is 23.9 Å². The molecule has 2 aliphatic heterocycles. The number of aromatic nitrogens is 4. The van der Waals surface area contributed by atoms with Crippen LogP contribution >= 0.6 is 23.5 Å². The number of nitrogens with one attached hydrogen (secondary N) is 1.